The van der Waals surface area contributed by atoms with Crippen LogP contribution in [0.1, 0.15) is 31.7 Å². The van der Waals surface area contributed by atoms with E-state index in [1.165, 1.54) is 4.31 Å². The summed E-state index contributed by atoms with van der Waals surface area (Å²) in [5, 5.41) is 0. The number of rotatable bonds is 3. The minimum atomic E-state index is -3.90. The Morgan fingerprint density at radius 3 is 2.65 bits per heavy atom. The molecular weight excluding hydrogens is 316 g/mol. The highest BCUT2D eigenvalue weighted by atomic mass is 32.2. The predicted octanol–water partition coefficient (Wildman–Crippen LogP) is 1.62. The summed E-state index contributed by atoms with van der Waals surface area (Å²) < 4.78 is 34.4. The Morgan fingerprint density at radius 2 is 1.91 bits per heavy atom. The second-order valence-corrected chi connectivity index (χ2v) is 7.72. The van der Waals surface area contributed by atoms with Crippen LogP contribution >= 0.6 is 0 Å². The number of hydrogen-bond acceptors (Lipinski definition) is 4. The zero-order valence-corrected chi connectivity index (χ0v) is 14.0. The van der Waals surface area contributed by atoms with Gasteiger partial charge in [0.15, 0.2) is 0 Å². The van der Waals surface area contributed by atoms with Gasteiger partial charge in [0, 0.05) is 25.2 Å². The highest BCUT2D eigenvalue weighted by Gasteiger charge is 2.35. The molecule has 6 nitrogen and oxygen atoms in total. The van der Waals surface area contributed by atoms with E-state index in [2.05, 4.69) is 4.72 Å². The van der Waals surface area contributed by atoms with Crippen molar-refractivity contribution in [2.24, 2.45) is 5.92 Å². The molecule has 1 saturated heterocycles. The molecule has 0 bridgehead atoms. The molecule has 0 radical (unpaired) electrons. The number of aryl methyl sites for hydroxylation is 1. The van der Waals surface area contributed by atoms with Crippen molar-refractivity contribution in [2.75, 3.05) is 17.5 Å². The highest BCUT2D eigenvalue weighted by Crippen LogP contribution is 2.32. The average Bonchev–Trinajstić information content (AvgIpc) is 2.54. The van der Waals surface area contributed by atoms with E-state index in [4.69, 9.17) is 4.74 Å². The van der Waals surface area contributed by atoms with Gasteiger partial charge >= 0.3 is 10.2 Å². The fourth-order valence-electron chi connectivity index (χ4n) is 3.24. The number of benzene rings is 1. The van der Waals surface area contributed by atoms with Gasteiger partial charge in [-0.3, -0.25) is 9.10 Å². The number of carbonyl (C=O) groups is 1. The molecule has 1 aromatic carbocycles. The van der Waals surface area contributed by atoms with E-state index in [0.717, 1.165) is 18.4 Å². The van der Waals surface area contributed by atoms with Crippen LogP contribution in [0.25, 0.3) is 0 Å². The van der Waals surface area contributed by atoms with E-state index in [9.17, 15) is 13.2 Å². The van der Waals surface area contributed by atoms with Gasteiger partial charge in [-0.25, -0.2) is 4.72 Å². The van der Waals surface area contributed by atoms with Crippen molar-refractivity contribution >= 4 is 21.8 Å². The lowest BCUT2D eigenvalue weighted by Crippen LogP contribution is -2.51. The molecule has 0 unspecified atom stereocenters. The molecule has 1 amide bonds. The predicted molar refractivity (Wildman–Crippen MR) is 87.3 cm³/mol. The number of anilines is 1. The minimum absolute atomic E-state index is 0.176. The quantitative estimate of drug-likeness (QED) is 0.908. The normalized spacial score (nSPS) is 22.5. The lowest BCUT2D eigenvalue weighted by Gasteiger charge is -2.36. The smallest absolute Gasteiger partial charge is 0.326 e. The third-order valence-corrected chi connectivity index (χ3v) is 6.08. The number of amides is 1. The molecule has 0 saturated carbocycles. The van der Waals surface area contributed by atoms with Crippen molar-refractivity contribution in [3.63, 3.8) is 0 Å². The first-order valence-electron chi connectivity index (χ1n) is 8.00. The molecule has 0 spiro atoms. The molecule has 7 heteroatoms. The van der Waals surface area contributed by atoms with Gasteiger partial charge in [-0.1, -0.05) is 18.2 Å². The van der Waals surface area contributed by atoms with Crippen LogP contribution in [-0.4, -0.2) is 33.6 Å². The van der Waals surface area contributed by atoms with E-state index < -0.39 is 16.1 Å². The Hall–Kier alpha value is -1.60. The van der Waals surface area contributed by atoms with Crippen molar-refractivity contribution in [1.29, 1.82) is 0 Å². The van der Waals surface area contributed by atoms with Crippen molar-refractivity contribution in [3.8, 4) is 0 Å². The summed E-state index contributed by atoms with van der Waals surface area (Å²) in [4.78, 5) is 12.3. The molecule has 1 fully saturated rings. The molecule has 1 aromatic rings. The van der Waals surface area contributed by atoms with Crippen LogP contribution in [0.3, 0.4) is 0 Å². The maximum Gasteiger partial charge on any atom is 0.326 e. The molecule has 23 heavy (non-hydrogen) atoms. The lowest BCUT2D eigenvalue weighted by atomic mass is 9.99. The summed E-state index contributed by atoms with van der Waals surface area (Å²) in [7, 11) is -3.90. The number of fused-ring (bicyclic) bond motifs is 1. The van der Waals surface area contributed by atoms with Crippen LogP contribution in [0.2, 0.25) is 0 Å². The van der Waals surface area contributed by atoms with Crippen LogP contribution in [0.5, 0.6) is 0 Å². The Balaban J connectivity index is 1.83. The van der Waals surface area contributed by atoms with Crippen LogP contribution in [0.4, 0.5) is 5.69 Å². The fourth-order valence-corrected chi connectivity index (χ4v) is 4.78. The van der Waals surface area contributed by atoms with Gasteiger partial charge in [0.05, 0.1) is 5.69 Å². The summed E-state index contributed by atoms with van der Waals surface area (Å²) in [6.07, 6.45) is 2.71. The minimum Gasteiger partial charge on any atom is -0.381 e. The molecule has 1 N–H and O–H groups in total. The van der Waals surface area contributed by atoms with Crippen molar-refractivity contribution in [2.45, 2.75) is 38.6 Å². The van der Waals surface area contributed by atoms with Crippen molar-refractivity contribution in [3.05, 3.63) is 29.8 Å². The molecule has 0 aromatic heterocycles. The van der Waals surface area contributed by atoms with Crippen LogP contribution in [0.15, 0.2) is 24.3 Å². The Morgan fingerprint density at radius 1 is 1.22 bits per heavy atom. The van der Waals surface area contributed by atoms with Gasteiger partial charge in [-0.15, -0.1) is 0 Å². The molecule has 2 heterocycles. The van der Waals surface area contributed by atoms with Crippen molar-refractivity contribution < 1.29 is 17.9 Å². The summed E-state index contributed by atoms with van der Waals surface area (Å²) >= 11 is 0. The van der Waals surface area contributed by atoms with E-state index in [1.54, 1.807) is 6.07 Å². The summed E-state index contributed by atoms with van der Waals surface area (Å²) in [5.74, 6) is -0.725. The number of ether oxygens (including phenoxy) is 1. The Bertz CT molecular complexity index is 683. The molecule has 1 atom stereocenters. The first-order valence-corrected chi connectivity index (χ1v) is 9.45. The molecule has 3 rings (SSSR count). The number of para-hydroxylation sites is 1. The topological polar surface area (TPSA) is 75.7 Å². The monoisotopic (exact) mass is 338 g/mol. The number of nitrogens with one attached hydrogen (secondary N) is 1. The molecule has 2 aliphatic rings. The average molecular weight is 338 g/mol. The second-order valence-electron chi connectivity index (χ2n) is 6.17. The van der Waals surface area contributed by atoms with E-state index >= 15 is 0 Å². The lowest BCUT2D eigenvalue weighted by molar-refractivity contribution is -0.125. The van der Waals surface area contributed by atoms with E-state index in [0.29, 0.717) is 31.7 Å². The molecular formula is C16H22N2O4S. The molecule has 0 aliphatic carbocycles. The third kappa shape index (κ3) is 3.35. The van der Waals surface area contributed by atoms with Gasteiger partial charge in [-0.2, -0.15) is 8.42 Å². The summed E-state index contributed by atoms with van der Waals surface area (Å²) in [6.45, 7) is 2.87. The van der Waals surface area contributed by atoms with Gasteiger partial charge in [0.2, 0.25) is 5.91 Å². The highest BCUT2D eigenvalue weighted by molar-refractivity contribution is 7.91. The van der Waals surface area contributed by atoms with E-state index in [-0.39, 0.29) is 12.0 Å². The van der Waals surface area contributed by atoms with Crippen LogP contribution in [-0.2, 0) is 26.2 Å². The van der Waals surface area contributed by atoms with Crippen LogP contribution < -0.4 is 9.03 Å². The molecule has 2 aliphatic heterocycles. The van der Waals surface area contributed by atoms with E-state index in [1.807, 2.05) is 25.1 Å². The Kier molecular flexibility index (Phi) is 4.59. The first kappa shape index (κ1) is 16.3. The maximum absolute atomic E-state index is 12.8. The summed E-state index contributed by atoms with van der Waals surface area (Å²) in [5.41, 5.74) is 1.66. The van der Waals surface area contributed by atoms with Crippen LogP contribution in [0, 0.1) is 5.92 Å². The number of hydrogen-bond donors (Lipinski definition) is 1. The third-order valence-electron chi connectivity index (χ3n) is 4.54. The largest absolute Gasteiger partial charge is 0.381 e. The fraction of sp³-hybridized carbons (Fsp3) is 0.562. The number of carbonyl (C=O) groups excluding carboxylic acids is 1. The molecule has 126 valence electrons. The first-order chi connectivity index (χ1) is 11.0. The van der Waals surface area contributed by atoms with Gasteiger partial charge < -0.3 is 4.74 Å². The number of nitrogens with zero attached hydrogens (tertiary/aromatic N) is 1. The Labute approximate surface area is 137 Å². The maximum atomic E-state index is 12.8. The zero-order chi connectivity index (χ0) is 16.4. The van der Waals surface area contributed by atoms with Gasteiger partial charge in [-0.05, 0) is 44.2 Å². The zero-order valence-electron chi connectivity index (χ0n) is 13.2. The van der Waals surface area contributed by atoms with Gasteiger partial charge in [0.1, 0.15) is 0 Å². The van der Waals surface area contributed by atoms with Crippen molar-refractivity contribution in [1.82, 2.24) is 4.72 Å². The SMILES string of the molecule is C[C@H]1CCc2ccccc2N1S(=O)(=O)NC(=O)C1CCOCC1. The second kappa shape index (κ2) is 6.49. The summed E-state index contributed by atoms with van der Waals surface area (Å²) in [6, 6.07) is 7.28. The van der Waals surface area contributed by atoms with Gasteiger partial charge in [0.25, 0.3) is 0 Å². The standard InChI is InChI=1S/C16H22N2O4S/c1-12-6-7-13-4-2-3-5-15(13)18(12)23(20,21)17-16(19)14-8-10-22-11-9-14/h2-5,12,14H,6-11H2,1H3,(H,17,19)/t12-/m0/s1.